The summed E-state index contributed by atoms with van der Waals surface area (Å²) in [7, 11) is 0. The van der Waals surface area contributed by atoms with Crippen LogP contribution < -0.4 is 71.5 Å². The number of urea groups is 1. The number of aromatic hydroxyl groups is 3. The Kier molecular flexibility index (Phi) is 27.9. The fourth-order valence-corrected chi connectivity index (χ4v) is 19.2. The predicted molar refractivity (Wildman–Crippen MR) is 447 cm³/mol. The Morgan fingerprint density at radius 1 is 0.629 bits per heavy atom. The minimum atomic E-state index is -2.23. The van der Waals surface area contributed by atoms with Crippen molar-refractivity contribution < 1.29 is 117 Å². The molecule has 15 bridgehead atoms. The van der Waals surface area contributed by atoms with Crippen molar-refractivity contribution in [2.45, 2.75) is 178 Å². The third-order valence-electron chi connectivity index (χ3n) is 24.7. The van der Waals surface area contributed by atoms with Crippen LogP contribution in [-0.4, -0.2) is 183 Å². The standard InChI is InChI=1S/C89H103Cl2N9O24/c1-6-43(21-40(4)5)83(112)99-75-61(104)30-50(33-71(107)96-88(116)95-51-12-16-66(118-19-17-92-7-2)67(34-51)119-20-18-93-8-3)84(113)97-73-49-31-68(120-64-14-10-45(77(75)108)28-57(64)90)81(123-87-80(111)79(110)82-70(122-87)39-94-89(117)124-82)69(32-49)121-65-15-11-46(29-58(65)91)78(109)76-86(115)98-74(63(106)37-53-47-23-41-22-42(25-47)26-48(53)24-41)56-35-52(101)36-60(103)72(56)55-27-44(9-13-59(55)102)54(38-62(73)105)85(114)100-76/h9-16,27-29,31-32,34-36,40-43,47-48,50,53-54,70,73-80,82,87,92-93,101-103,108-111H,6-8,17-26,30,33,37-39H2,1-5H3,(H,94,117)(H,97,113)(H,98,115)(H,99,112)(H,100,114)(H2,95,96,107,116)/t41?,42?,43-,47?,48?,50+,53?,54-,70-,73-,74+,75+,76+,77-,78-,79-,80-,82-,87+/m1/s1. The van der Waals surface area contributed by atoms with Crippen molar-refractivity contribution in [1.29, 1.82) is 0 Å². The Hall–Kier alpha value is -10.9. The second-order valence-corrected chi connectivity index (χ2v) is 34.5. The van der Waals surface area contributed by atoms with Crippen LogP contribution in [0.4, 0.5) is 15.3 Å². The Bertz CT molecular complexity index is 5060. The summed E-state index contributed by atoms with van der Waals surface area (Å²) < 4.78 is 43.7. The summed E-state index contributed by atoms with van der Waals surface area (Å²) in [6.45, 7) is 11.8. The number of ether oxygens (including phenoxy) is 7. The third-order valence-corrected chi connectivity index (χ3v) is 25.3. The first-order chi connectivity index (χ1) is 59.4. The highest BCUT2D eigenvalue weighted by atomic mass is 35.5. The van der Waals surface area contributed by atoms with E-state index in [4.69, 9.17) is 56.4 Å². The molecule has 7 heterocycles. The molecule has 6 fully saturated rings. The lowest BCUT2D eigenvalue weighted by molar-refractivity contribution is -0.275. The number of fused-ring (bicyclic) bond motifs is 16. The van der Waals surface area contributed by atoms with Gasteiger partial charge in [-0.25, -0.2) is 9.59 Å². The first kappa shape index (κ1) is 89.4. The molecule has 14 atom stereocenters. The number of hydrogen-bond acceptors (Lipinski definition) is 26. The molecule has 6 aromatic rings. The Balaban J connectivity index is 0.924. The topological polar surface area (TPSA) is 485 Å². The average Bonchev–Trinajstić information content (AvgIpc) is 0.755. The molecule has 4 saturated carbocycles. The molecule has 35 heteroatoms. The van der Waals surface area contributed by atoms with Crippen LogP contribution in [0, 0.1) is 47.3 Å². The number of imide groups is 1. The lowest BCUT2D eigenvalue weighted by atomic mass is 9.51. The van der Waals surface area contributed by atoms with Gasteiger partial charge in [0, 0.05) is 73.6 Å². The van der Waals surface area contributed by atoms with E-state index in [-0.39, 0.29) is 128 Å². The van der Waals surface area contributed by atoms with Crippen molar-refractivity contribution in [2.24, 2.45) is 47.3 Å². The monoisotopic (exact) mass is 1750 g/mol. The summed E-state index contributed by atoms with van der Waals surface area (Å²) in [5.74, 6) is -15.5. The van der Waals surface area contributed by atoms with Crippen molar-refractivity contribution in [3.63, 3.8) is 0 Å². The van der Waals surface area contributed by atoms with Crippen molar-refractivity contribution in [3.05, 3.63) is 135 Å². The summed E-state index contributed by atoms with van der Waals surface area (Å²) >= 11 is 14.4. The minimum Gasteiger partial charge on any atom is -0.508 e. The second kappa shape index (κ2) is 38.7. The lowest BCUT2D eigenvalue weighted by Gasteiger charge is -2.54. The van der Waals surface area contributed by atoms with Crippen molar-refractivity contribution in [1.82, 2.24) is 42.5 Å². The number of anilines is 1. The summed E-state index contributed by atoms with van der Waals surface area (Å²) in [6, 6.07) is 10.6. The van der Waals surface area contributed by atoms with Crippen molar-refractivity contribution in [3.8, 4) is 68.6 Å². The molecule has 8 amide bonds. The van der Waals surface area contributed by atoms with E-state index in [0.29, 0.717) is 50.2 Å². The van der Waals surface area contributed by atoms with Crippen LogP contribution in [0.3, 0.4) is 0 Å². The summed E-state index contributed by atoms with van der Waals surface area (Å²) in [5.41, 5.74) is -1.48. The van der Waals surface area contributed by atoms with Crippen LogP contribution >= 0.6 is 23.2 Å². The zero-order chi connectivity index (χ0) is 88.2. The molecule has 0 unspecified atom stereocenters. The maximum absolute atomic E-state index is 16.7. The smallest absolute Gasteiger partial charge is 0.407 e. The van der Waals surface area contributed by atoms with E-state index in [1.54, 1.807) is 13.0 Å². The highest BCUT2D eigenvalue weighted by Crippen LogP contribution is 2.58. The van der Waals surface area contributed by atoms with Crippen molar-refractivity contribution in [2.75, 3.05) is 51.3 Å². The van der Waals surface area contributed by atoms with Gasteiger partial charge in [-0.15, -0.1) is 0 Å². The van der Waals surface area contributed by atoms with Crippen LogP contribution in [-0.2, 0) is 47.8 Å². The fraction of sp³-hybridized carbons (Fsp3) is 0.483. The largest absolute Gasteiger partial charge is 0.508 e. The van der Waals surface area contributed by atoms with E-state index in [2.05, 4.69) is 47.9 Å². The van der Waals surface area contributed by atoms with E-state index in [1.165, 1.54) is 60.7 Å². The highest BCUT2D eigenvalue weighted by Gasteiger charge is 2.53. The van der Waals surface area contributed by atoms with Gasteiger partial charge in [-0.3, -0.25) is 43.7 Å². The van der Waals surface area contributed by atoms with Gasteiger partial charge in [0.15, 0.2) is 46.5 Å². The number of nitrogens with one attached hydrogen (secondary N) is 9. The van der Waals surface area contributed by atoms with Gasteiger partial charge in [-0.1, -0.05) is 76.0 Å². The number of aliphatic hydroxyl groups is 4. The van der Waals surface area contributed by atoms with E-state index in [1.807, 2.05) is 27.7 Å². The van der Waals surface area contributed by atoms with Crippen LogP contribution in [0.1, 0.15) is 163 Å². The van der Waals surface area contributed by atoms with Gasteiger partial charge in [-0.2, -0.15) is 0 Å². The second-order valence-electron chi connectivity index (χ2n) is 33.6. The average molecular weight is 1750 g/mol. The highest BCUT2D eigenvalue weighted by molar-refractivity contribution is 6.32. The Labute approximate surface area is 724 Å². The van der Waals surface area contributed by atoms with Crippen molar-refractivity contribution >= 4 is 87.9 Å². The van der Waals surface area contributed by atoms with Gasteiger partial charge in [0.2, 0.25) is 41.6 Å². The molecular weight excluding hydrogens is 1650 g/mol. The van der Waals surface area contributed by atoms with E-state index < -0.39 is 198 Å². The van der Waals surface area contributed by atoms with Gasteiger partial charge in [0.1, 0.15) is 96.6 Å². The SMILES string of the molecule is CCNCCOc1ccc(NC(=O)NC(=O)C[C@@H]2CC(=O)[C@H](NC(=O)[C@H](CC)CC(C)C)[C@H](O)c3ccc(c(Cl)c3)Oc3cc4cc(c3O[C@@H]3O[C@@H]5CNC(=O)O[C@H]5[C@H](O)[C@H]3O)Oc3ccc(cc3Cl)[C@@H](O)[C@@H]3NC(=O)[C@H](CC(=O)[C@@H]4NC2=O)c2ccc(O)c(c2)-c2c(O)cc(O)cc2[C@@H](C(=O)CC2C4CC5CC(C4)CC2C5)NC3=O)cc1OCCNCC. The molecule has 16 N–H and O–H groups in total. The molecule has 6 aromatic carbocycles. The van der Waals surface area contributed by atoms with Crippen LogP contribution in [0.5, 0.6) is 57.5 Å². The zero-order valence-electron chi connectivity index (χ0n) is 68.8. The molecule has 17 rings (SSSR count). The number of phenolic OH excluding ortho intramolecular Hbond substituents is 3. The summed E-state index contributed by atoms with van der Waals surface area (Å²) in [5, 5.41) is 109. The number of rotatable bonds is 23. The van der Waals surface area contributed by atoms with Gasteiger partial charge in [0.05, 0.1) is 28.4 Å². The number of hydrogen-bond donors (Lipinski definition) is 16. The molecule has 4 aliphatic carbocycles. The number of Topliss-reactive ketones (excluding diaryl/α,β-unsaturated/α-hetero) is 3. The Morgan fingerprint density at radius 3 is 1.91 bits per heavy atom. The number of carbonyl (C=O) groups is 10. The number of ketones is 3. The number of likely N-dealkylation sites (N-methyl/N-ethyl adjacent to an activating group) is 2. The molecule has 662 valence electrons. The molecule has 2 saturated heterocycles. The lowest BCUT2D eigenvalue weighted by Crippen LogP contribution is -2.65. The Morgan fingerprint density at radius 2 is 1.27 bits per heavy atom. The minimum absolute atomic E-state index is 0.0495. The third kappa shape index (κ3) is 19.9. The van der Waals surface area contributed by atoms with Gasteiger partial charge < -0.3 is 111 Å². The van der Waals surface area contributed by atoms with Crippen LogP contribution in [0.25, 0.3) is 11.1 Å². The van der Waals surface area contributed by atoms with Gasteiger partial charge in [0.25, 0.3) is 0 Å². The maximum atomic E-state index is 16.7. The van der Waals surface area contributed by atoms with Crippen LogP contribution in [0.15, 0.2) is 97.1 Å². The molecule has 0 radical (unpaired) electrons. The number of halogens is 2. The summed E-state index contributed by atoms with van der Waals surface area (Å²) in [4.78, 5) is 152. The molecule has 7 aliphatic heterocycles. The van der Waals surface area contributed by atoms with E-state index in [0.717, 1.165) is 62.4 Å². The first-order valence-electron chi connectivity index (χ1n) is 42.1. The van der Waals surface area contributed by atoms with Crippen LogP contribution in [0.2, 0.25) is 10.0 Å². The maximum Gasteiger partial charge on any atom is 0.407 e. The predicted octanol–water partition coefficient (Wildman–Crippen LogP) is 8.82. The number of aliphatic hydroxyl groups excluding tert-OH is 4. The normalized spacial score (nSPS) is 27.3. The van der Waals surface area contributed by atoms with Gasteiger partial charge in [-0.05, 0) is 188 Å². The molecule has 124 heavy (non-hydrogen) atoms. The molecular formula is C89H103Cl2N9O24. The molecule has 33 nitrogen and oxygen atoms in total. The quantitative estimate of drug-likeness (QED) is 0.0266. The molecule has 11 aliphatic rings. The number of amides is 8. The molecule has 0 aromatic heterocycles. The molecule has 0 spiro atoms. The van der Waals surface area contributed by atoms with E-state index >= 15 is 28.8 Å². The fourth-order valence-electron chi connectivity index (χ4n) is 18.7. The number of phenols is 3. The van der Waals surface area contributed by atoms with E-state index in [9.17, 15) is 54.9 Å². The summed E-state index contributed by atoms with van der Waals surface area (Å²) in [6.07, 6.45) is -11.7. The number of alkyl carbamates (subject to hydrolysis) is 1. The first-order valence-corrected chi connectivity index (χ1v) is 42.9. The van der Waals surface area contributed by atoms with Gasteiger partial charge >= 0.3 is 12.1 Å². The number of carbonyl (C=O) groups excluding carboxylic acids is 10. The number of benzene rings is 6. The zero-order valence-corrected chi connectivity index (χ0v) is 70.4.